The highest BCUT2D eigenvalue weighted by Gasteiger charge is 2.03. The second-order valence-corrected chi connectivity index (χ2v) is 3.25. The SMILES string of the molecule is COC(=O)CCCc1ccc(O)c(O)c1. The van der Waals surface area contributed by atoms with Crippen molar-refractivity contribution in [2.24, 2.45) is 0 Å². The van der Waals surface area contributed by atoms with Crippen molar-refractivity contribution >= 4 is 5.97 Å². The van der Waals surface area contributed by atoms with Gasteiger partial charge >= 0.3 is 5.97 Å². The first-order valence-corrected chi connectivity index (χ1v) is 4.71. The number of benzene rings is 1. The van der Waals surface area contributed by atoms with Crippen molar-refractivity contribution in [1.29, 1.82) is 0 Å². The molecule has 15 heavy (non-hydrogen) atoms. The highest BCUT2D eigenvalue weighted by Crippen LogP contribution is 2.25. The van der Waals surface area contributed by atoms with Crippen LogP contribution in [0.3, 0.4) is 0 Å². The first-order valence-electron chi connectivity index (χ1n) is 4.71. The van der Waals surface area contributed by atoms with Gasteiger partial charge in [-0.1, -0.05) is 6.07 Å². The van der Waals surface area contributed by atoms with E-state index in [-0.39, 0.29) is 17.5 Å². The van der Waals surface area contributed by atoms with Gasteiger partial charge in [0.05, 0.1) is 7.11 Å². The molecular weight excluding hydrogens is 196 g/mol. The summed E-state index contributed by atoms with van der Waals surface area (Å²) >= 11 is 0. The maximum atomic E-state index is 10.8. The first kappa shape index (κ1) is 11.4. The van der Waals surface area contributed by atoms with Crippen molar-refractivity contribution in [3.63, 3.8) is 0 Å². The van der Waals surface area contributed by atoms with Gasteiger partial charge < -0.3 is 14.9 Å². The van der Waals surface area contributed by atoms with Crippen LogP contribution in [0.15, 0.2) is 18.2 Å². The molecule has 4 heteroatoms. The molecule has 4 nitrogen and oxygen atoms in total. The minimum Gasteiger partial charge on any atom is -0.504 e. The number of aryl methyl sites for hydroxylation is 1. The summed E-state index contributed by atoms with van der Waals surface area (Å²) in [6, 6.07) is 4.64. The molecule has 1 aromatic carbocycles. The summed E-state index contributed by atoms with van der Waals surface area (Å²) in [5.74, 6) is -0.504. The Morgan fingerprint density at radius 1 is 1.33 bits per heavy atom. The topological polar surface area (TPSA) is 66.8 Å². The van der Waals surface area contributed by atoms with Crippen LogP contribution < -0.4 is 0 Å². The lowest BCUT2D eigenvalue weighted by atomic mass is 10.1. The molecule has 0 fully saturated rings. The molecule has 0 aliphatic rings. The van der Waals surface area contributed by atoms with Gasteiger partial charge in [0.1, 0.15) is 0 Å². The maximum absolute atomic E-state index is 10.8. The second-order valence-electron chi connectivity index (χ2n) is 3.25. The molecule has 0 saturated heterocycles. The number of carbonyl (C=O) groups is 1. The minimum absolute atomic E-state index is 0.133. The lowest BCUT2D eigenvalue weighted by Gasteiger charge is -2.03. The molecule has 0 spiro atoms. The van der Waals surface area contributed by atoms with Gasteiger partial charge in [0.2, 0.25) is 0 Å². The standard InChI is InChI=1S/C11H14O4/c1-15-11(14)4-2-3-8-5-6-9(12)10(13)7-8/h5-7,12-13H,2-4H2,1H3. The normalized spacial score (nSPS) is 9.93. The molecule has 82 valence electrons. The number of carbonyl (C=O) groups excluding carboxylic acids is 1. The molecule has 0 unspecified atom stereocenters. The summed E-state index contributed by atoms with van der Waals surface area (Å²) in [4.78, 5) is 10.8. The summed E-state index contributed by atoms with van der Waals surface area (Å²) < 4.78 is 4.50. The predicted molar refractivity (Wildman–Crippen MR) is 54.7 cm³/mol. The summed E-state index contributed by atoms with van der Waals surface area (Å²) in [7, 11) is 1.36. The molecule has 0 aromatic heterocycles. The van der Waals surface area contributed by atoms with Gasteiger partial charge in [-0.05, 0) is 30.5 Å². The van der Waals surface area contributed by atoms with Gasteiger partial charge in [-0.2, -0.15) is 0 Å². The van der Waals surface area contributed by atoms with Crippen LogP contribution in [0, 0.1) is 0 Å². The smallest absolute Gasteiger partial charge is 0.305 e. The van der Waals surface area contributed by atoms with Crippen molar-refractivity contribution in [3.8, 4) is 11.5 Å². The Hall–Kier alpha value is -1.71. The fraction of sp³-hybridized carbons (Fsp3) is 0.364. The monoisotopic (exact) mass is 210 g/mol. The van der Waals surface area contributed by atoms with Gasteiger partial charge in [-0.3, -0.25) is 4.79 Å². The van der Waals surface area contributed by atoms with E-state index in [0.29, 0.717) is 19.3 Å². The van der Waals surface area contributed by atoms with Crippen molar-refractivity contribution in [3.05, 3.63) is 23.8 Å². The highest BCUT2D eigenvalue weighted by molar-refractivity contribution is 5.69. The molecule has 0 heterocycles. The van der Waals surface area contributed by atoms with Crippen LogP contribution in [0.2, 0.25) is 0 Å². The maximum Gasteiger partial charge on any atom is 0.305 e. The predicted octanol–water partition coefficient (Wildman–Crippen LogP) is 1.59. The van der Waals surface area contributed by atoms with Crippen molar-refractivity contribution in [2.45, 2.75) is 19.3 Å². The van der Waals surface area contributed by atoms with E-state index in [9.17, 15) is 9.90 Å². The molecule has 0 bridgehead atoms. The number of phenolic OH excluding ortho intramolecular Hbond substituents is 2. The quantitative estimate of drug-likeness (QED) is 0.585. The van der Waals surface area contributed by atoms with Crippen LogP contribution in [0.5, 0.6) is 11.5 Å². The Kier molecular flexibility index (Phi) is 3.97. The van der Waals surface area contributed by atoms with E-state index in [1.165, 1.54) is 19.2 Å². The number of methoxy groups -OCH3 is 1. The molecule has 0 amide bonds. The van der Waals surface area contributed by atoms with E-state index < -0.39 is 0 Å². The van der Waals surface area contributed by atoms with Crippen LogP contribution in [0.25, 0.3) is 0 Å². The molecule has 0 aliphatic carbocycles. The summed E-state index contributed by atoms with van der Waals surface area (Å²) in [6.07, 6.45) is 1.69. The molecule has 0 atom stereocenters. The summed E-state index contributed by atoms with van der Waals surface area (Å²) in [5, 5.41) is 18.3. The minimum atomic E-state index is -0.238. The summed E-state index contributed by atoms with van der Waals surface area (Å²) in [5.41, 5.74) is 0.884. The Labute approximate surface area is 88.1 Å². The van der Waals surface area contributed by atoms with E-state index in [0.717, 1.165) is 5.56 Å². The Morgan fingerprint density at radius 2 is 2.07 bits per heavy atom. The average molecular weight is 210 g/mol. The highest BCUT2D eigenvalue weighted by atomic mass is 16.5. The number of rotatable bonds is 4. The van der Waals surface area contributed by atoms with Crippen molar-refractivity contribution in [1.82, 2.24) is 0 Å². The van der Waals surface area contributed by atoms with Gasteiger partial charge in [0.15, 0.2) is 11.5 Å². The Morgan fingerprint density at radius 3 is 2.67 bits per heavy atom. The number of hydrogen-bond donors (Lipinski definition) is 2. The fourth-order valence-corrected chi connectivity index (χ4v) is 1.26. The third-order valence-corrected chi connectivity index (χ3v) is 2.11. The molecule has 1 aromatic rings. The van der Waals surface area contributed by atoms with Gasteiger partial charge in [-0.15, -0.1) is 0 Å². The van der Waals surface area contributed by atoms with Crippen LogP contribution in [0.1, 0.15) is 18.4 Å². The zero-order valence-electron chi connectivity index (χ0n) is 8.56. The number of phenols is 2. The van der Waals surface area contributed by atoms with E-state index in [1.54, 1.807) is 6.07 Å². The Bertz CT molecular complexity index is 346. The third-order valence-electron chi connectivity index (χ3n) is 2.11. The lowest BCUT2D eigenvalue weighted by Crippen LogP contribution is -2.00. The van der Waals surface area contributed by atoms with E-state index in [1.807, 2.05) is 0 Å². The lowest BCUT2D eigenvalue weighted by molar-refractivity contribution is -0.140. The largest absolute Gasteiger partial charge is 0.504 e. The fourth-order valence-electron chi connectivity index (χ4n) is 1.26. The van der Waals surface area contributed by atoms with Crippen molar-refractivity contribution < 1.29 is 19.7 Å². The number of aromatic hydroxyl groups is 2. The molecule has 2 N–H and O–H groups in total. The van der Waals surface area contributed by atoms with Crippen LogP contribution in [-0.4, -0.2) is 23.3 Å². The summed E-state index contributed by atoms with van der Waals surface area (Å²) in [6.45, 7) is 0. The molecule has 0 radical (unpaired) electrons. The van der Waals surface area contributed by atoms with E-state index in [2.05, 4.69) is 4.74 Å². The first-order chi connectivity index (χ1) is 7.13. The van der Waals surface area contributed by atoms with E-state index >= 15 is 0 Å². The second kappa shape index (κ2) is 5.24. The van der Waals surface area contributed by atoms with Crippen LogP contribution in [-0.2, 0) is 16.0 Å². The molecular formula is C11H14O4. The molecule has 0 saturated carbocycles. The molecule has 1 rings (SSSR count). The Balaban J connectivity index is 2.44. The number of esters is 1. The number of hydrogen-bond acceptors (Lipinski definition) is 4. The average Bonchev–Trinajstić information content (AvgIpc) is 2.23. The van der Waals surface area contributed by atoms with Crippen LogP contribution >= 0.6 is 0 Å². The van der Waals surface area contributed by atoms with Crippen molar-refractivity contribution in [2.75, 3.05) is 7.11 Å². The van der Waals surface area contributed by atoms with Gasteiger partial charge in [0, 0.05) is 6.42 Å². The van der Waals surface area contributed by atoms with Crippen LogP contribution in [0.4, 0.5) is 0 Å². The van der Waals surface area contributed by atoms with Gasteiger partial charge in [-0.25, -0.2) is 0 Å². The zero-order chi connectivity index (χ0) is 11.3. The number of ether oxygens (including phenoxy) is 1. The zero-order valence-corrected chi connectivity index (χ0v) is 8.56. The molecule has 0 aliphatic heterocycles. The van der Waals surface area contributed by atoms with E-state index in [4.69, 9.17) is 5.11 Å². The van der Waals surface area contributed by atoms with Gasteiger partial charge in [0.25, 0.3) is 0 Å². The third kappa shape index (κ3) is 3.50.